The molecule has 27 heavy (non-hydrogen) atoms. The Hall–Kier alpha value is -1.87. The van der Waals surface area contributed by atoms with Gasteiger partial charge in [-0.25, -0.2) is 4.98 Å². The maximum Gasteiger partial charge on any atom is 0.138 e. The molecule has 0 fully saturated rings. The van der Waals surface area contributed by atoms with Gasteiger partial charge in [0.2, 0.25) is 0 Å². The lowest BCUT2D eigenvalue weighted by atomic mass is 10.0. The Morgan fingerprint density at radius 2 is 1.41 bits per heavy atom. The van der Waals surface area contributed by atoms with Crippen LogP contribution in [0.5, 0.6) is 5.75 Å². The Balaban J connectivity index is 1.89. The highest BCUT2D eigenvalue weighted by Crippen LogP contribution is 2.36. The van der Waals surface area contributed by atoms with Crippen LogP contribution >= 0.6 is 45.2 Å². The Bertz CT molecular complexity index is 1250. The zero-order valence-corrected chi connectivity index (χ0v) is 18.7. The fraction of sp³-hybridized carbons (Fsp3) is 0.0455. The molecule has 0 aliphatic carbocycles. The number of H-pyrrole nitrogens is 1. The van der Waals surface area contributed by atoms with Crippen molar-refractivity contribution in [2.24, 2.45) is 0 Å². The number of hydrogen-bond acceptors (Lipinski definition) is 2. The van der Waals surface area contributed by atoms with E-state index in [1.807, 2.05) is 24.3 Å². The number of hydrogen-bond donors (Lipinski definition) is 1. The van der Waals surface area contributed by atoms with E-state index in [1.165, 1.54) is 28.7 Å². The number of fused-ring (bicyclic) bond motifs is 6. The average Bonchev–Trinajstić information content (AvgIpc) is 3.14. The van der Waals surface area contributed by atoms with Crippen molar-refractivity contribution in [1.29, 1.82) is 0 Å². The number of aromatic amines is 1. The minimum Gasteiger partial charge on any atom is -0.497 e. The number of halogens is 2. The third-order valence-electron chi connectivity index (χ3n) is 4.85. The van der Waals surface area contributed by atoms with Crippen LogP contribution in [0.4, 0.5) is 0 Å². The van der Waals surface area contributed by atoms with E-state index in [4.69, 9.17) is 9.72 Å². The molecule has 0 aliphatic rings. The SMILES string of the molecule is COc1ccc(-c2nc3c4cc(I)ccc4c4ccc(I)cc4c3[nH]2)cc1. The van der Waals surface area contributed by atoms with Crippen LogP contribution in [-0.2, 0) is 0 Å². The van der Waals surface area contributed by atoms with Crippen LogP contribution in [0.2, 0.25) is 0 Å². The molecule has 1 aromatic heterocycles. The molecule has 3 nitrogen and oxygen atoms in total. The van der Waals surface area contributed by atoms with Crippen LogP contribution < -0.4 is 4.74 Å². The van der Waals surface area contributed by atoms with E-state index in [0.717, 1.165) is 28.2 Å². The summed E-state index contributed by atoms with van der Waals surface area (Å²) in [6, 6.07) is 21.2. The van der Waals surface area contributed by atoms with E-state index >= 15 is 0 Å². The van der Waals surface area contributed by atoms with Gasteiger partial charge < -0.3 is 9.72 Å². The summed E-state index contributed by atoms with van der Waals surface area (Å²) in [6.45, 7) is 0. The summed E-state index contributed by atoms with van der Waals surface area (Å²) in [4.78, 5) is 8.56. The maximum absolute atomic E-state index is 5.27. The fourth-order valence-corrected chi connectivity index (χ4v) is 4.54. The summed E-state index contributed by atoms with van der Waals surface area (Å²) in [6.07, 6.45) is 0. The topological polar surface area (TPSA) is 37.9 Å². The Morgan fingerprint density at radius 1 is 0.778 bits per heavy atom. The van der Waals surface area contributed by atoms with Gasteiger partial charge in [-0.2, -0.15) is 0 Å². The molecule has 0 amide bonds. The molecule has 0 spiro atoms. The van der Waals surface area contributed by atoms with E-state index in [-0.39, 0.29) is 0 Å². The Labute approximate surface area is 183 Å². The second-order valence-corrected chi connectivity index (χ2v) is 8.91. The molecular formula is C22H14I2N2O. The minimum atomic E-state index is 0.842. The standard InChI is InChI=1S/C22H14I2N2O/c1-27-15-6-2-12(3-7-15)22-25-20-18-10-13(23)4-8-16(18)17-9-5-14(24)11-19(17)21(20)26-22/h2-11H,1H3,(H,25,26). The molecule has 5 rings (SSSR count). The highest BCUT2D eigenvalue weighted by molar-refractivity contribution is 14.1. The van der Waals surface area contributed by atoms with Gasteiger partial charge in [-0.15, -0.1) is 0 Å². The van der Waals surface area contributed by atoms with Crippen molar-refractivity contribution in [3.8, 4) is 17.1 Å². The molecule has 4 aromatic carbocycles. The molecule has 0 atom stereocenters. The van der Waals surface area contributed by atoms with Crippen molar-refractivity contribution in [2.45, 2.75) is 0 Å². The summed E-state index contributed by atoms with van der Waals surface area (Å²) in [5.74, 6) is 1.72. The van der Waals surface area contributed by atoms with Gasteiger partial charge in [-0.3, -0.25) is 0 Å². The summed E-state index contributed by atoms with van der Waals surface area (Å²) in [5, 5.41) is 4.88. The van der Waals surface area contributed by atoms with Gasteiger partial charge in [0.1, 0.15) is 11.6 Å². The van der Waals surface area contributed by atoms with E-state index in [2.05, 4.69) is 86.6 Å². The number of methoxy groups -OCH3 is 1. The average molecular weight is 576 g/mol. The highest BCUT2D eigenvalue weighted by atomic mass is 127. The van der Waals surface area contributed by atoms with Crippen molar-refractivity contribution in [3.05, 3.63) is 67.8 Å². The van der Waals surface area contributed by atoms with Crippen LogP contribution in [0, 0.1) is 7.14 Å². The molecule has 0 aliphatic heterocycles. The van der Waals surface area contributed by atoms with Crippen molar-refractivity contribution < 1.29 is 4.74 Å². The molecule has 5 aromatic rings. The highest BCUT2D eigenvalue weighted by Gasteiger charge is 2.14. The smallest absolute Gasteiger partial charge is 0.138 e. The van der Waals surface area contributed by atoms with Gasteiger partial charge in [0, 0.05) is 23.5 Å². The first-order valence-corrected chi connectivity index (χ1v) is 10.6. The third-order valence-corrected chi connectivity index (χ3v) is 6.19. The number of rotatable bonds is 2. The molecule has 0 radical (unpaired) electrons. The predicted octanol–water partition coefficient (Wildman–Crippen LogP) is 6.75. The van der Waals surface area contributed by atoms with Crippen LogP contribution in [0.25, 0.3) is 44.0 Å². The van der Waals surface area contributed by atoms with Gasteiger partial charge in [0.15, 0.2) is 0 Å². The number of nitrogens with one attached hydrogen (secondary N) is 1. The van der Waals surface area contributed by atoms with E-state index < -0.39 is 0 Å². The number of aromatic nitrogens is 2. The molecular weight excluding hydrogens is 562 g/mol. The van der Waals surface area contributed by atoms with Gasteiger partial charge in [-0.1, -0.05) is 12.1 Å². The summed E-state index contributed by atoms with van der Waals surface area (Å²) in [5.41, 5.74) is 3.15. The number of ether oxygens (including phenoxy) is 1. The van der Waals surface area contributed by atoms with Gasteiger partial charge in [-0.05, 0) is 104 Å². The molecule has 0 bridgehead atoms. The van der Waals surface area contributed by atoms with Crippen molar-refractivity contribution in [1.82, 2.24) is 9.97 Å². The molecule has 5 heteroatoms. The lowest BCUT2D eigenvalue weighted by Gasteiger charge is -2.07. The summed E-state index contributed by atoms with van der Waals surface area (Å²) >= 11 is 4.73. The lowest BCUT2D eigenvalue weighted by Crippen LogP contribution is -1.84. The van der Waals surface area contributed by atoms with Gasteiger partial charge >= 0.3 is 0 Å². The molecule has 132 valence electrons. The van der Waals surface area contributed by atoms with Crippen molar-refractivity contribution >= 4 is 77.8 Å². The molecule has 0 unspecified atom stereocenters. The summed E-state index contributed by atoms with van der Waals surface area (Å²) in [7, 11) is 1.68. The molecule has 0 saturated carbocycles. The number of benzene rings is 4. The summed E-state index contributed by atoms with van der Waals surface area (Å²) < 4.78 is 7.70. The van der Waals surface area contributed by atoms with Crippen molar-refractivity contribution in [2.75, 3.05) is 7.11 Å². The normalized spacial score (nSPS) is 11.5. The monoisotopic (exact) mass is 576 g/mol. The van der Waals surface area contributed by atoms with E-state index in [9.17, 15) is 0 Å². The van der Waals surface area contributed by atoms with E-state index in [1.54, 1.807) is 7.11 Å². The lowest BCUT2D eigenvalue weighted by molar-refractivity contribution is 0.415. The Morgan fingerprint density at radius 3 is 2.07 bits per heavy atom. The zero-order valence-electron chi connectivity index (χ0n) is 14.4. The second kappa shape index (κ2) is 6.63. The van der Waals surface area contributed by atoms with E-state index in [0.29, 0.717) is 0 Å². The van der Waals surface area contributed by atoms with Crippen LogP contribution in [0.3, 0.4) is 0 Å². The van der Waals surface area contributed by atoms with Crippen LogP contribution in [-0.4, -0.2) is 17.1 Å². The second-order valence-electron chi connectivity index (χ2n) is 6.42. The zero-order chi connectivity index (χ0) is 18.5. The number of nitrogens with zero attached hydrogens (tertiary/aromatic N) is 1. The fourth-order valence-electron chi connectivity index (χ4n) is 3.55. The molecule has 1 N–H and O–H groups in total. The van der Waals surface area contributed by atoms with Crippen molar-refractivity contribution in [3.63, 3.8) is 0 Å². The third kappa shape index (κ3) is 2.87. The largest absolute Gasteiger partial charge is 0.497 e. The number of imidazole rings is 1. The first-order valence-electron chi connectivity index (χ1n) is 8.48. The minimum absolute atomic E-state index is 0.842. The first kappa shape index (κ1) is 17.2. The maximum atomic E-state index is 5.27. The van der Waals surface area contributed by atoms with Gasteiger partial charge in [0.25, 0.3) is 0 Å². The Kier molecular flexibility index (Phi) is 4.23. The first-order chi connectivity index (χ1) is 13.1. The predicted molar refractivity (Wildman–Crippen MR) is 129 cm³/mol. The quantitative estimate of drug-likeness (QED) is 0.187. The van der Waals surface area contributed by atoms with Gasteiger partial charge in [0.05, 0.1) is 18.1 Å². The van der Waals surface area contributed by atoms with Crippen LogP contribution in [0.1, 0.15) is 0 Å². The molecule has 0 saturated heterocycles. The molecule has 1 heterocycles. The van der Waals surface area contributed by atoms with Crippen LogP contribution in [0.15, 0.2) is 60.7 Å².